The Kier molecular flexibility index (Phi) is 4.81. The molecule has 0 bridgehead atoms. The number of hydrogen-bond donors (Lipinski definition) is 2. The fourth-order valence-electron chi connectivity index (χ4n) is 3.41. The van der Waals surface area contributed by atoms with E-state index in [2.05, 4.69) is 22.2 Å². The topological polar surface area (TPSA) is 55.8 Å². The zero-order chi connectivity index (χ0) is 13.9. The number of carboxylic acids is 1. The SMILES string of the molecule is CNC1(C(=O)O)CCC(N(C)CCN2CCCC2)C1. The van der Waals surface area contributed by atoms with Gasteiger partial charge in [0.2, 0.25) is 0 Å². The molecule has 5 heteroatoms. The van der Waals surface area contributed by atoms with Crippen LogP contribution in [-0.4, -0.2) is 72.7 Å². The van der Waals surface area contributed by atoms with Gasteiger partial charge in [-0.2, -0.15) is 0 Å². The van der Waals surface area contributed by atoms with E-state index in [1.807, 2.05) is 0 Å². The molecule has 1 heterocycles. The Bertz CT molecular complexity index is 318. The van der Waals surface area contributed by atoms with Gasteiger partial charge in [-0.15, -0.1) is 0 Å². The van der Waals surface area contributed by atoms with Crippen LogP contribution in [0, 0.1) is 0 Å². The molecule has 1 aliphatic carbocycles. The summed E-state index contributed by atoms with van der Waals surface area (Å²) in [6, 6.07) is 0.395. The maximum atomic E-state index is 11.4. The van der Waals surface area contributed by atoms with Crippen LogP contribution in [0.2, 0.25) is 0 Å². The van der Waals surface area contributed by atoms with Gasteiger partial charge in [-0.3, -0.25) is 4.79 Å². The molecule has 2 N–H and O–H groups in total. The predicted molar refractivity (Wildman–Crippen MR) is 75.4 cm³/mol. The van der Waals surface area contributed by atoms with E-state index >= 15 is 0 Å². The summed E-state index contributed by atoms with van der Waals surface area (Å²) in [5, 5.41) is 12.4. The van der Waals surface area contributed by atoms with Crippen molar-refractivity contribution in [1.29, 1.82) is 0 Å². The average Bonchev–Trinajstić information content (AvgIpc) is 3.05. The first kappa shape index (κ1) is 14.8. The van der Waals surface area contributed by atoms with E-state index in [1.54, 1.807) is 7.05 Å². The quantitative estimate of drug-likeness (QED) is 0.740. The Morgan fingerprint density at radius 1 is 1.47 bits per heavy atom. The smallest absolute Gasteiger partial charge is 0.323 e. The maximum Gasteiger partial charge on any atom is 0.323 e. The molecular weight excluding hydrogens is 242 g/mol. The van der Waals surface area contributed by atoms with Gasteiger partial charge in [-0.25, -0.2) is 0 Å². The van der Waals surface area contributed by atoms with E-state index in [-0.39, 0.29) is 0 Å². The summed E-state index contributed by atoms with van der Waals surface area (Å²) in [7, 11) is 3.90. The summed E-state index contributed by atoms with van der Waals surface area (Å²) in [5.74, 6) is -0.703. The van der Waals surface area contributed by atoms with E-state index in [9.17, 15) is 9.90 Å². The van der Waals surface area contributed by atoms with Gasteiger partial charge in [-0.1, -0.05) is 0 Å². The number of likely N-dealkylation sites (tertiary alicyclic amines) is 1. The van der Waals surface area contributed by atoms with Crippen molar-refractivity contribution in [3.8, 4) is 0 Å². The lowest BCUT2D eigenvalue weighted by molar-refractivity contribution is -0.144. The maximum absolute atomic E-state index is 11.4. The van der Waals surface area contributed by atoms with Crippen molar-refractivity contribution >= 4 is 5.97 Å². The molecule has 2 unspecified atom stereocenters. The number of likely N-dealkylation sites (N-methyl/N-ethyl adjacent to an activating group) is 2. The highest BCUT2D eigenvalue weighted by Crippen LogP contribution is 2.32. The number of nitrogens with one attached hydrogen (secondary N) is 1. The minimum atomic E-state index is -0.703. The zero-order valence-corrected chi connectivity index (χ0v) is 12.2. The Morgan fingerprint density at radius 2 is 2.16 bits per heavy atom. The molecule has 1 saturated heterocycles. The molecule has 0 radical (unpaired) electrons. The number of nitrogens with zero attached hydrogens (tertiary/aromatic N) is 2. The lowest BCUT2D eigenvalue weighted by Gasteiger charge is -2.29. The van der Waals surface area contributed by atoms with E-state index in [1.165, 1.54) is 25.9 Å². The predicted octanol–water partition coefficient (Wildman–Crippen LogP) is 0.609. The van der Waals surface area contributed by atoms with Gasteiger partial charge in [0.15, 0.2) is 0 Å². The number of hydrogen-bond acceptors (Lipinski definition) is 4. The van der Waals surface area contributed by atoms with Crippen LogP contribution in [0.15, 0.2) is 0 Å². The first-order valence-corrected chi connectivity index (χ1v) is 7.42. The summed E-state index contributed by atoms with van der Waals surface area (Å²) in [5.41, 5.74) is -0.702. The molecule has 0 amide bonds. The van der Waals surface area contributed by atoms with Crippen LogP contribution >= 0.6 is 0 Å². The van der Waals surface area contributed by atoms with Crippen molar-refractivity contribution in [3.63, 3.8) is 0 Å². The minimum absolute atomic E-state index is 0.395. The summed E-state index contributed by atoms with van der Waals surface area (Å²) in [6.45, 7) is 4.62. The lowest BCUT2D eigenvalue weighted by atomic mass is 9.98. The second-order valence-corrected chi connectivity index (χ2v) is 6.06. The standard InChI is InChI=1S/C14H27N3O2/c1-15-14(13(18)19)6-5-12(11-14)16(2)9-10-17-7-3-4-8-17/h12,15H,3-11H2,1-2H3,(H,18,19). The van der Waals surface area contributed by atoms with Crippen LogP contribution in [0.3, 0.4) is 0 Å². The normalized spacial score (nSPS) is 32.3. The molecule has 0 aromatic rings. The molecule has 19 heavy (non-hydrogen) atoms. The Hall–Kier alpha value is -0.650. The van der Waals surface area contributed by atoms with E-state index in [4.69, 9.17) is 0 Å². The van der Waals surface area contributed by atoms with Crippen molar-refractivity contribution in [3.05, 3.63) is 0 Å². The Morgan fingerprint density at radius 3 is 2.68 bits per heavy atom. The lowest BCUT2D eigenvalue weighted by Crippen LogP contribution is -2.49. The van der Waals surface area contributed by atoms with Crippen LogP contribution in [0.5, 0.6) is 0 Å². The Balaban J connectivity index is 1.80. The molecule has 5 nitrogen and oxygen atoms in total. The van der Waals surface area contributed by atoms with Gasteiger partial charge < -0.3 is 20.2 Å². The van der Waals surface area contributed by atoms with Gasteiger partial charge >= 0.3 is 5.97 Å². The van der Waals surface area contributed by atoms with Gasteiger partial charge in [-0.05, 0) is 59.3 Å². The molecular formula is C14H27N3O2. The third kappa shape index (κ3) is 3.27. The third-order valence-corrected chi connectivity index (χ3v) is 4.97. The third-order valence-electron chi connectivity index (χ3n) is 4.97. The second-order valence-electron chi connectivity index (χ2n) is 6.06. The highest BCUT2D eigenvalue weighted by Gasteiger charge is 2.45. The van der Waals surface area contributed by atoms with Crippen LogP contribution in [0.25, 0.3) is 0 Å². The highest BCUT2D eigenvalue weighted by atomic mass is 16.4. The molecule has 2 rings (SSSR count). The summed E-state index contributed by atoms with van der Waals surface area (Å²) in [4.78, 5) is 16.3. The van der Waals surface area contributed by atoms with Crippen molar-refractivity contribution in [2.75, 3.05) is 40.3 Å². The molecule has 1 saturated carbocycles. The molecule has 110 valence electrons. The fraction of sp³-hybridized carbons (Fsp3) is 0.929. The van der Waals surface area contributed by atoms with Crippen molar-refractivity contribution in [1.82, 2.24) is 15.1 Å². The first-order chi connectivity index (χ1) is 9.07. The van der Waals surface area contributed by atoms with Crippen molar-refractivity contribution < 1.29 is 9.90 Å². The van der Waals surface area contributed by atoms with Crippen molar-refractivity contribution in [2.24, 2.45) is 0 Å². The summed E-state index contributed by atoms with van der Waals surface area (Å²) >= 11 is 0. The summed E-state index contributed by atoms with van der Waals surface area (Å²) < 4.78 is 0. The number of aliphatic carboxylic acids is 1. The molecule has 2 aliphatic rings. The Labute approximate surface area is 115 Å². The minimum Gasteiger partial charge on any atom is -0.480 e. The fourth-order valence-corrected chi connectivity index (χ4v) is 3.41. The monoisotopic (exact) mass is 269 g/mol. The summed E-state index contributed by atoms with van der Waals surface area (Å²) in [6.07, 6.45) is 5.08. The van der Waals surface area contributed by atoms with E-state index in [0.29, 0.717) is 6.04 Å². The van der Waals surface area contributed by atoms with Gasteiger partial charge in [0.1, 0.15) is 5.54 Å². The highest BCUT2D eigenvalue weighted by molar-refractivity contribution is 5.79. The number of carboxylic acid groups (broad SMARTS) is 1. The van der Waals surface area contributed by atoms with Crippen molar-refractivity contribution in [2.45, 2.75) is 43.7 Å². The van der Waals surface area contributed by atoms with Crippen LogP contribution in [0.1, 0.15) is 32.1 Å². The largest absolute Gasteiger partial charge is 0.480 e. The van der Waals surface area contributed by atoms with Gasteiger partial charge in [0, 0.05) is 19.1 Å². The van der Waals surface area contributed by atoms with Crippen LogP contribution in [-0.2, 0) is 4.79 Å². The van der Waals surface area contributed by atoms with Crippen LogP contribution < -0.4 is 5.32 Å². The van der Waals surface area contributed by atoms with E-state index in [0.717, 1.165) is 32.4 Å². The number of carbonyl (C=O) groups is 1. The van der Waals surface area contributed by atoms with Gasteiger partial charge in [0.25, 0.3) is 0 Å². The molecule has 0 spiro atoms. The zero-order valence-electron chi connectivity index (χ0n) is 12.2. The molecule has 0 aromatic heterocycles. The number of rotatable bonds is 6. The molecule has 1 aliphatic heterocycles. The first-order valence-electron chi connectivity index (χ1n) is 7.42. The van der Waals surface area contributed by atoms with Crippen LogP contribution in [0.4, 0.5) is 0 Å². The van der Waals surface area contributed by atoms with E-state index < -0.39 is 11.5 Å². The molecule has 2 atom stereocenters. The van der Waals surface area contributed by atoms with Gasteiger partial charge in [0.05, 0.1) is 0 Å². The molecule has 2 fully saturated rings. The second kappa shape index (κ2) is 6.20. The average molecular weight is 269 g/mol. The molecule has 0 aromatic carbocycles.